The predicted octanol–water partition coefficient (Wildman–Crippen LogP) is -8.27. The number of aliphatic hydroxyl groups excluding tert-OH is 2. The molecular weight excluding hydrogens is 920 g/mol. The van der Waals surface area contributed by atoms with Crippen LogP contribution in [0.4, 0.5) is 0 Å². The Morgan fingerprint density at radius 3 is 1.43 bits per heavy atom. The van der Waals surface area contributed by atoms with Gasteiger partial charge in [-0.2, -0.15) is 0 Å². The number of carbonyl (C=O) groups excluding carboxylic acids is 9. The highest BCUT2D eigenvalue weighted by Crippen LogP contribution is 2.18. The van der Waals surface area contributed by atoms with Gasteiger partial charge in [0.15, 0.2) is 0 Å². The standard InChI is InChI=1S/C37H56N10O21/c38-16(14-48)30(60)41-17(3-7-24(39)50)31(61)40-13-25(51)47-11-1-2-23(47)36(66)43-19(5-9-27(54)55)32(62)42-18(4-8-26(52)53)33(63)46-22(15-49)35(65)45-21(12-29(58)59)34(64)44-20(37(67)68)6-10-28(56)57/h16-23,48-49H,1-15,38H2,(H2,39,50)(H,40,61)(H,41,60)(H,42,62)(H,43,66)(H,44,64)(H,45,65)(H,46,63)(H,52,53)(H,54,55)(H,56,57)(H,58,59)(H,67,68)/t16-,17-,18-,19-,20-,21-,22-,23-/m0/s1. The summed E-state index contributed by atoms with van der Waals surface area (Å²) in [4.78, 5) is 174. The minimum Gasteiger partial charge on any atom is -0.481 e. The molecule has 0 saturated carbocycles. The fourth-order valence-electron chi connectivity index (χ4n) is 6.18. The summed E-state index contributed by atoms with van der Waals surface area (Å²) in [5, 5.41) is 79.9. The Morgan fingerprint density at radius 2 is 0.941 bits per heavy atom. The monoisotopic (exact) mass is 976 g/mol. The van der Waals surface area contributed by atoms with E-state index in [4.69, 9.17) is 21.7 Å². The number of nitrogens with two attached hydrogens (primary N) is 2. The number of carbonyl (C=O) groups is 14. The zero-order valence-electron chi connectivity index (χ0n) is 36.2. The Hall–Kier alpha value is -7.54. The van der Waals surface area contributed by atoms with E-state index in [9.17, 15) is 92.7 Å². The van der Waals surface area contributed by atoms with Crippen molar-refractivity contribution in [3.8, 4) is 0 Å². The minimum atomic E-state index is -2.08. The highest BCUT2D eigenvalue weighted by Gasteiger charge is 2.38. The first-order valence-corrected chi connectivity index (χ1v) is 20.6. The lowest BCUT2D eigenvalue weighted by molar-refractivity contribution is -0.144. The van der Waals surface area contributed by atoms with Crippen LogP contribution >= 0.6 is 0 Å². The van der Waals surface area contributed by atoms with Crippen molar-refractivity contribution >= 4 is 83.0 Å². The van der Waals surface area contributed by atoms with Gasteiger partial charge in [0.1, 0.15) is 48.3 Å². The molecule has 0 spiro atoms. The summed E-state index contributed by atoms with van der Waals surface area (Å²) < 4.78 is 0. The van der Waals surface area contributed by atoms with E-state index in [2.05, 4.69) is 21.3 Å². The van der Waals surface area contributed by atoms with Gasteiger partial charge in [-0.05, 0) is 38.5 Å². The summed E-state index contributed by atoms with van der Waals surface area (Å²) in [5.74, 6) is -18.0. The van der Waals surface area contributed by atoms with Crippen LogP contribution in [0.15, 0.2) is 0 Å². The largest absolute Gasteiger partial charge is 0.481 e. The van der Waals surface area contributed by atoms with Crippen LogP contribution in [0.3, 0.4) is 0 Å². The molecule has 9 amide bonds. The topological polar surface area (TPSA) is 520 Å². The van der Waals surface area contributed by atoms with Crippen LogP contribution in [-0.4, -0.2) is 198 Å². The molecule has 8 atom stereocenters. The van der Waals surface area contributed by atoms with E-state index in [1.165, 1.54) is 0 Å². The molecule has 0 bridgehead atoms. The van der Waals surface area contributed by atoms with E-state index in [1.807, 2.05) is 16.0 Å². The highest BCUT2D eigenvalue weighted by atomic mass is 16.4. The summed E-state index contributed by atoms with van der Waals surface area (Å²) in [6.45, 7) is -2.89. The molecule has 380 valence electrons. The Kier molecular flexibility index (Phi) is 25.1. The summed E-state index contributed by atoms with van der Waals surface area (Å²) in [6.07, 6.45) is -6.07. The van der Waals surface area contributed by atoms with Crippen LogP contribution in [-0.2, 0) is 67.1 Å². The first-order valence-electron chi connectivity index (χ1n) is 20.6. The van der Waals surface area contributed by atoms with Crippen molar-refractivity contribution in [3.63, 3.8) is 0 Å². The van der Waals surface area contributed by atoms with Crippen LogP contribution in [0.1, 0.15) is 70.6 Å². The van der Waals surface area contributed by atoms with Gasteiger partial charge in [-0.15, -0.1) is 0 Å². The molecule has 0 unspecified atom stereocenters. The lowest BCUT2D eigenvalue weighted by Gasteiger charge is -2.28. The molecule has 68 heavy (non-hydrogen) atoms. The SMILES string of the molecule is NC(=O)CC[C@H](NC(=O)[C@@H](N)CO)C(=O)NCC(=O)N1CCC[C@H]1C(=O)N[C@@H](CCC(=O)O)C(=O)N[C@@H](CCC(=O)O)C(=O)N[C@@H](CO)C(=O)N[C@@H](CC(=O)O)C(=O)N[C@@H](CCC(=O)O)C(=O)O. The first kappa shape index (κ1) is 58.5. The van der Waals surface area contributed by atoms with Crippen LogP contribution in [0.25, 0.3) is 0 Å². The minimum absolute atomic E-state index is 0.0107. The van der Waals surface area contributed by atoms with E-state index in [0.29, 0.717) is 0 Å². The van der Waals surface area contributed by atoms with Gasteiger partial charge in [-0.3, -0.25) is 62.3 Å². The fraction of sp³-hybridized carbons (Fsp3) is 0.622. The van der Waals surface area contributed by atoms with Crippen molar-refractivity contribution in [1.82, 2.24) is 42.1 Å². The Labute approximate surface area is 384 Å². The predicted molar refractivity (Wildman–Crippen MR) is 220 cm³/mol. The van der Waals surface area contributed by atoms with Gasteiger partial charge in [0.25, 0.3) is 0 Å². The van der Waals surface area contributed by atoms with Crippen LogP contribution in [0.2, 0.25) is 0 Å². The van der Waals surface area contributed by atoms with Gasteiger partial charge in [0, 0.05) is 32.2 Å². The number of carboxylic acids is 5. The van der Waals surface area contributed by atoms with E-state index in [-0.39, 0.29) is 32.2 Å². The van der Waals surface area contributed by atoms with Crippen molar-refractivity contribution in [3.05, 3.63) is 0 Å². The number of aliphatic carboxylic acids is 5. The maximum Gasteiger partial charge on any atom is 0.326 e. The summed E-state index contributed by atoms with van der Waals surface area (Å²) in [5.41, 5.74) is 10.6. The summed E-state index contributed by atoms with van der Waals surface area (Å²) in [7, 11) is 0. The number of amides is 9. The smallest absolute Gasteiger partial charge is 0.326 e. The average Bonchev–Trinajstić information content (AvgIpc) is 3.76. The number of rotatable bonds is 32. The molecule has 0 aliphatic carbocycles. The molecule has 0 aromatic rings. The number of aliphatic hydroxyl groups is 2. The second kappa shape index (κ2) is 29.2. The van der Waals surface area contributed by atoms with Crippen molar-refractivity contribution in [2.24, 2.45) is 11.5 Å². The Bertz CT molecular complexity index is 1920. The van der Waals surface area contributed by atoms with Gasteiger partial charge < -0.3 is 89.3 Å². The van der Waals surface area contributed by atoms with E-state index >= 15 is 0 Å². The van der Waals surface area contributed by atoms with Crippen molar-refractivity contribution in [2.75, 3.05) is 26.3 Å². The number of carboxylic acid groups (broad SMARTS) is 5. The second-order valence-electron chi connectivity index (χ2n) is 15.0. The summed E-state index contributed by atoms with van der Waals surface area (Å²) >= 11 is 0. The Morgan fingerprint density at radius 1 is 0.515 bits per heavy atom. The third-order valence-electron chi connectivity index (χ3n) is 9.78. The zero-order valence-corrected chi connectivity index (χ0v) is 36.2. The normalized spacial score (nSPS) is 16.1. The third-order valence-corrected chi connectivity index (χ3v) is 9.78. The number of primary amides is 1. The van der Waals surface area contributed by atoms with Gasteiger partial charge in [0.2, 0.25) is 53.2 Å². The molecule has 31 nitrogen and oxygen atoms in total. The zero-order chi connectivity index (χ0) is 51.8. The van der Waals surface area contributed by atoms with Crippen molar-refractivity contribution in [1.29, 1.82) is 0 Å². The maximum atomic E-state index is 13.6. The Balaban J connectivity index is 3.25. The second-order valence-corrected chi connectivity index (χ2v) is 15.0. The lowest BCUT2D eigenvalue weighted by Crippen LogP contribution is -2.60. The van der Waals surface area contributed by atoms with Crippen molar-refractivity contribution in [2.45, 2.75) is 119 Å². The number of nitrogens with one attached hydrogen (secondary N) is 7. The van der Waals surface area contributed by atoms with Gasteiger partial charge in [-0.25, -0.2) is 4.79 Å². The van der Waals surface area contributed by atoms with Crippen LogP contribution in [0, 0.1) is 0 Å². The molecule has 1 heterocycles. The number of nitrogens with zero attached hydrogens (tertiary/aromatic N) is 1. The third kappa shape index (κ3) is 21.2. The molecule has 0 aromatic heterocycles. The van der Waals surface area contributed by atoms with Crippen LogP contribution in [0.5, 0.6) is 0 Å². The molecule has 0 aromatic carbocycles. The molecule has 1 aliphatic heterocycles. The first-order chi connectivity index (χ1) is 31.8. The van der Waals surface area contributed by atoms with Gasteiger partial charge in [0.05, 0.1) is 26.2 Å². The molecular formula is C37H56N10O21. The number of hydrogen-bond acceptors (Lipinski definition) is 17. The van der Waals surface area contributed by atoms with E-state index in [1.54, 1.807) is 0 Å². The molecule has 1 rings (SSSR count). The molecule has 1 saturated heterocycles. The molecule has 0 radical (unpaired) electrons. The number of hydrogen-bond donors (Lipinski definition) is 16. The molecule has 31 heteroatoms. The fourth-order valence-corrected chi connectivity index (χ4v) is 6.18. The quantitative estimate of drug-likeness (QED) is 0.0298. The molecule has 18 N–H and O–H groups in total. The molecule has 1 fully saturated rings. The van der Waals surface area contributed by atoms with E-state index in [0.717, 1.165) is 4.90 Å². The van der Waals surface area contributed by atoms with E-state index < -0.39 is 196 Å². The number of likely N-dealkylation sites (tertiary alicyclic amines) is 1. The van der Waals surface area contributed by atoms with Crippen LogP contribution < -0.4 is 48.7 Å². The van der Waals surface area contributed by atoms with Gasteiger partial charge >= 0.3 is 29.8 Å². The average molecular weight is 977 g/mol. The summed E-state index contributed by atoms with van der Waals surface area (Å²) in [6, 6.07) is -13.9. The molecule has 1 aliphatic rings. The lowest BCUT2D eigenvalue weighted by atomic mass is 10.1. The van der Waals surface area contributed by atoms with Gasteiger partial charge in [-0.1, -0.05) is 0 Å². The van der Waals surface area contributed by atoms with Crippen molar-refractivity contribution < 1.29 is 103 Å². The maximum absolute atomic E-state index is 13.6. The highest BCUT2D eigenvalue weighted by molar-refractivity contribution is 5.98.